The Kier molecular flexibility index (Phi) is 12.2. The maximum atomic E-state index is 14.2. The molecule has 0 unspecified atom stereocenters. The van der Waals surface area contributed by atoms with Crippen molar-refractivity contribution in [1.82, 2.24) is 4.31 Å². The van der Waals surface area contributed by atoms with Gasteiger partial charge in [0.15, 0.2) is 6.61 Å². The van der Waals surface area contributed by atoms with Gasteiger partial charge in [-0.05, 0) is 83.7 Å². The van der Waals surface area contributed by atoms with E-state index in [9.17, 15) is 13.2 Å². The first-order valence-electron chi connectivity index (χ1n) is 13.5. The molecular weight excluding hydrogens is 518 g/mol. The number of hydrogen-bond acceptors (Lipinski definition) is 5. The highest BCUT2D eigenvalue weighted by atomic mass is 32.2. The first-order valence-corrected chi connectivity index (χ1v) is 16.0. The molecule has 8 heteroatoms. The summed E-state index contributed by atoms with van der Waals surface area (Å²) in [5, 5.41) is 8.82. The van der Waals surface area contributed by atoms with Gasteiger partial charge in [-0.1, -0.05) is 60.6 Å². The number of carboxylic acid groups (broad SMARTS) is 1. The zero-order chi connectivity index (χ0) is 28.6. The molecule has 0 bridgehead atoms. The van der Waals surface area contributed by atoms with Gasteiger partial charge in [0.1, 0.15) is 5.75 Å². The zero-order valence-electron chi connectivity index (χ0n) is 24.2. The average Bonchev–Trinajstić information content (AvgIpc) is 2.84. The average molecular weight is 564 g/mol. The first-order chi connectivity index (χ1) is 17.8. The van der Waals surface area contributed by atoms with E-state index in [1.165, 1.54) is 5.56 Å². The lowest BCUT2D eigenvalue weighted by Gasteiger charge is -2.28. The van der Waals surface area contributed by atoms with Crippen molar-refractivity contribution in [1.29, 1.82) is 0 Å². The van der Waals surface area contributed by atoms with Crippen LogP contribution in [0, 0.1) is 6.92 Å². The molecule has 0 aliphatic heterocycles. The number of ether oxygens (including phenoxy) is 1. The van der Waals surface area contributed by atoms with Gasteiger partial charge < -0.3 is 9.84 Å². The Morgan fingerprint density at radius 2 is 1.58 bits per heavy atom. The van der Waals surface area contributed by atoms with Gasteiger partial charge in [0, 0.05) is 18.0 Å². The fourth-order valence-corrected chi connectivity index (χ4v) is 7.53. The predicted octanol–water partition coefficient (Wildman–Crippen LogP) is 7.41. The number of carboxylic acids is 1. The lowest BCUT2D eigenvalue weighted by atomic mass is 9.89. The molecule has 0 atom stereocenters. The number of nitrogens with zero attached hydrogens (tertiary/aromatic N) is 1. The van der Waals surface area contributed by atoms with E-state index in [1.807, 2.05) is 26.0 Å². The summed E-state index contributed by atoms with van der Waals surface area (Å²) in [5.41, 5.74) is 3.88. The summed E-state index contributed by atoms with van der Waals surface area (Å²) in [4.78, 5) is 12.3. The molecule has 0 saturated heterocycles. The van der Waals surface area contributed by atoms with E-state index in [2.05, 4.69) is 53.7 Å². The standard InChI is InChI=1S/C30H45NO5S2/c1-9-13-31(14-10-15-37-25-11-12-28(23(8)16-25)36-19-29(32)33)38(34,35)30-26(21(4)5)17-24(20(2)3)18-27(30)22(6)7/h11-12,16-18,20-22H,9-10,13-15,19H2,1-8H3,(H,32,33). The molecule has 38 heavy (non-hydrogen) atoms. The van der Waals surface area contributed by atoms with Crippen LogP contribution in [-0.4, -0.2) is 49.2 Å². The summed E-state index contributed by atoms with van der Waals surface area (Å²) in [6.07, 6.45) is 1.47. The van der Waals surface area contributed by atoms with Crippen molar-refractivity contribution in [2.45, 2.75) is 95.8 Å². The number of aliphatic carboxylic acids is 1. The Labute approximate surface area is 234 Å². The molecule has 0 saturated carbocycles. The van der Waals surface area contributed by atoms with E-state index in [4.69, 9.17) is 9.84 Å². The van der Waals surface area contributed by atoms with E-state index in [1.54, 1.807) is 22.1 Å². The molecule has 212 valence electrons. The molecule has 6 nitrogen and oxygen atoms in total. The molecule has 0 aliphatic carbocycles. The van der Waals surface area contributed by atoms with Crippen molar-refractivity contribution in [3.05, 3.63) is 52.6 Å². The van der Waals surface area contributed by atoms with Gasteiger partial charge in [-0.25, -0.2) is 13.2 Å². The number of carbonyl (C=O) groups is 1. The summed E-state index contributed by atoms with van der Waals surface area (Å²) in [6, 6.07) is 9.87. The van der Waals surface area contributed by atoms with Crippen molar-refractivity contribution in [2.75, 3.05) is 25.4 Å². The summed E-state index contributed by atoms with van der Waals surface area (Å²) < 4.78 is 35.3. The number of benzene rings is 2. The van der Waals surface area contributed by atoms with Crippen LogP contribution in [-0.2, 0) is 14.8 Å². The van der Waals surface area contributed by atoms with Gasteiger partial charge in [-0.15, -0.1) is 11.8 Å². The van der Waals surface area contributed by atoms with E-state index >= 15 is 0 Å². The van der Waals surface area contributed by atoms with Crippen LogP contribution in [0.5, 0.6) is 5.75 Å². The molecule has 0 aliphatic rings. The number of hydrogen-bond donors (Lipinski definition) is 1. The van der Waals surface area contributed by atoms with Crippen molar-refractivity contribution < 1.29 is 23.1 Å². The summed E-state index contributed by atoms with van der Waals surface area (Å²) in [6.45, 7) is 17.1. The maximum absolute atomic E-state index is 14.2. The number of aryl methyl sites for hydroxylation is 1. The molecule has 0 radical (unpaired) electrons. The Morgan fingerprint density at radius 3 is 2.05 bits per heavy atom. The summed E-state index contributed by atoms with van der Waals surface area (Å²) in [5.74, 6) is 0.840. The maximum Gasteiger partial charge on any atom is 0.341 e. The van der Waals surface area contributed by atoms with E-state index in [0.717, 1.165) is 40.2 Å². The number of sulfonamides is 1. The van der Waals surface area contributed by atoms with Gasteiger partial charge in [-0.3, -0.25) is 0 Å². The highest BCUT2D eigenvalue weighted by molar-refractivity contribution is 7.99. The second-order valence-corrected chi connectivity index (χ2v) is 13.8. The van der Waals surface area contributed by atoms with Gasteiger partial charge in [0.25, 0.3) is 0 Å². The van der Waals surface area contributed by atoms with Crippen LogP contribution < -0.4 is 4.74 Å². The second kappa shape index (κ2) is 14.4. The van der Waals surface area contributed by atoms with Gasteiger partial charge in [-0.2, -0.15) is 4.31 Å². The Bertz CT molecular complexity index is 1160. The normalized spacial score (nSPS) is 12.2. The van der Waals surface area contributed by atoms with Crippen molar-refractivity contribution in [2.24, 2.45) is 0 Å². The molecule has 0 fully saturated rings. The van der Waals surface area contributed by atoms with Crippen LogP contribution in [0.4, 0.5) is 0 Å². The van der Waals surface area contributed by atoms with Crippen LogP contribution in [0.3, 0.4) is 0 Å². The molecule has 1 N–H and O–H groups in total. The quantitative estimate of drug-likeness (QED) is 0.179. The van der Waals surface area contributed by atoms with E-state index in [-0.39, 0.29) is 18.4 Å². The number of thioether (sulfide) groups is 1. The van der Waals surface area contributed by atoms with Crippen LogP contribution >= 0.6 is 11.8 Å². The minimum atomic E-state index is -3.67. The molecule has 2 aromatic rings. The van der Waals surface area contributed by atoms with Crippen LogP contribution in [0.2, 0.25) is 0 Å². The van der Waals surface area contributed by atoms with Crippen molar-refractivity contribution >= 4 is 27.8 Å². The Morgan fingerprint density at radius 1 is 0.974 bits per heavy atom. The second-order valence-electron chi connectivity index (χ2n) is 10.7. The molecule has 2 aromatic carbocycles. The SMILES string of the molecule is CCCN(CCCSc1ccc(OCC(=O)O)c(C)c1)S(=O)(=O)c1c(C(C)C)cc(C(C)C)cc1C(C)C. The zero-order valence-corrected chi connectivity index (χ0v) is 25.8. The summed E-state index contributed by atoms with van der Waals surface area (Å²) in [7, 11) is -3.67. The predicted molar refractivity (Wildman–Crippen MR) is 157 cm³/mol. The summed E-state index contributed by atoms with van der Waals surface area (Å²) >= 11 is 1.66. The lowest BCUT2D eigenvalue weighted by molar-refractivity contribution is -0.139. The fourth-order valence-electron chi connectivity index (χ4n) is 4.36. The fraction of sp³-hybridized carbons (Fsp3) is 0.567. The molecule has 0 amide bonds. The third-order valence-corrected chi connectivity index (χ3v) is 9.58. The van der Waals surface area contributed by atoms with Crippen molar-refractivity contribution in [3.8, 4) is 5.75 Å². The topological polar surface area (TPSA) is 83.9 Å². The van der Waals surface area contributed by atoms with E-state index < -0.39 is 16.0 Å². The largest absolute Gasteiger partial charge is 0.482 e. The highest BCUT2D eigenvalue weighted by Crippen LogP contribution is 2.37. The van der Waals surface area contributed by atoms with Crippen LogP contribution in [0.15, 0.2) is 40.1 Å². The van der Waals surface area contributed by atoms with Crippen LogP contribution in [0.25, 0.3) is 0 Å². The molecule has 2 rings (SSSR count). The minimum Gasteiger partial charge on any atom is -0.482 e. The molecule has 0 heterocycles. The van der Waals surface area contributed by atoms with Crippen molar-refractivity contribution in [3.63, 3.8) is 0 Å². The van der Waals surface area contributed by atoms with Gasteiger partial charge >= 0.3 is 5.97 Å². The van der Waals surface area contributed by atoms with Gasteiger partial charge in [0.2, 0.25) is 10.0 Å². The van der Waals surface area contributed by atoms with Gasteiger partial charge in [0.05, 0.1) is 4.90 Å². The lowest BCUT2D eigenvalue weighted by Crippen LogP contribution is -2.34. The number of rotatable bonds is 15. The molecule has 0 spiro atoms. The monoisotopic (exact) mass is 563 g/mol. The first kappa shape index (κ1) is 32.2. The third-order valence-electron chi connectivity index (χ3n) is 6.47. The highest BCUT2D eigenvalue weighted by Gasteiger charge is 2.31. The van der Waals surface area contributed by atoms with E-state index in [0.29, 0.717) is 29.7 Å². The minimum absolute atomic E-state index is 0.0979. The molecule has 0 aromatic heterocycles. The Balaban J connectivity index is 2.24. The smallest absolute Gasteiger partial charge is 0.341 e. The Hall–Kier alpha value is -2.03. The van der Waals surface area contributed by atoms with Crippen LogP contribution in [0.1, 0.15) is 101 Å². The third kappa shape index (κ3) is 8.48. The molecular formula is C30H45NO5S2.